The minimum absolute atomic E-state index is 0.350. The van der Waals surface area contributed by atoms with Crippen LogP contribution in [0.2, 0.25) is 0 Å². The molecule has 32 valence electrons. The average Bonchev–Trinajstić information content (AvgIpc) is 1.35. The Morgan fingerprint density at radius 2 is 2.50 bits per heavy atom. The molecule has 0 aromatic rings. The van der Waals surface area contributed by atoms with E-state index in [0.29, 0.717) is 11.3 Å². The smallest absolute Gasteiger partial charge is 0.0674 e. The standard InChI is InChI=1S/C4H5NS/c1-4(6)2-3-5/h6H,1-2H2. The molecule has 0 fully saturated rings. The molecular formula is C4H5NS. The van der Waals surface area contributed by atoms with Crippen LogP contribution in [0.25, 0.3) is 0 Å². The van der Waals surface area contributed by atoms with Crippen molar-refractivity contribution in [3.05, 3.63) is 11.5 Å². The molecule has 2 heteroatoms. The van der Waals surface area contributed by atoms with E-state index in [-0.39, 0.29) is 0 Å². The molecule has 1 nitrogen and oxygen atoms in total. The Balaban J connectivity index is 3.13. The Labute approximate surface area is 42.7 Å². The van der Waals surface area contributed by atoms with Crippen LogP contribution in [-0.4, -0.2) is 0 Å². The van der Waals surface area contributed by atoms with Crippen LogP contribution in [0.5, 0.6) is 0 Å². The van der Waals surface area contributed by atoms with Crippen molar-refractivity contribution in [1.29, 1.82) is 5.26 Å². The van der Waals surface area contributed by atoms with Crippen LogP contribution < -0.4 is 0 Å². The zero-order valence-corrected chi connectivity index (χ0v) is 4.20. The maximum atomic E-state index is 7.88. The highest BCUT2D eigenvalue weighted by Crippen LogP contribution is 1.97. The number of nitrogens with zero attached hydrogens (tertiary/aromatic N) is 1. The van der Waals surface area contributed by atoms with Gasteiger partial charge in [-0.2, -0.15) is 5.26 Å². The predicted molar refractivity (Wildman–Crippen MR) is 28.4 cm³/mol. The third-order valence-electron chi connectivity index (χ3n) is 0.283. The molecule has 0 aliphatic heterocycles. The van der Waals surface area contributed by atoms with Gasteiger partial charge < -0.3 is 0 Å². The summed E-state index contributed by atoms with van der Waals surface area (Å²) in [6.45, 7) is 3.39. The van der Waals surface area contributed by atoms with Crippen molar-refractivity contribution in [2.24, 2.45) is 0 Å². The molecule has 0 rings (SSSR count). The highest BCUT2D eigenvalue weighted by molar-refractivity contribution is 7.84. The van der Waals surface area contributed by atoms with E-state index in [1.165, 1.54) is 0 Å². The predicted octanol–water partition coefficient (Wildman–Crippen LogP) is 1.34. The van der Waals surface area contributed by atoms with Gasteiger partial charge in [0.25, 0.3) is 0 Å². The molecule has 0 saturated heterocycles. The first-order chi connectivity index (χ1) is 2.77. The lowest BCUT2D eigenvalue weighted by Crippen LogP contribution is -1.58. The summed E-state index contributed by atoms with van der Waals surface area (Å²) >= 11 is 3.76. The first kappa shape index (κ1) is 5.58. The molecule has 0 aromatic heterocycles. The molecule has 0 unspecified atom stereocenters. The SMILES string of the molecule is C=C(S)CC#N. The lowest BCUT2D eigenvalue weighted by molar-refractivity contribution is 1.34. The van der Waals surface area contributed by atoms with Gasteiger partial charge in [0.2, 0.25) is 0 Å². The normalized spacial score (nSPS) is 6.67. The molecule has 0 N–H and O–H groups in total. The molecule has 0 aliphatic rings. The van der Waals surface area contributed by atoms with Gasteiger partial charge in [-0.1, -0.05) is 6.58 Å². The fourth-order valence-corrected chi connectivity index (χ4v) is 0.162. The van der Waals surface area contributed by atoms with Crippen LogP contribution in [0.4, 0.5) is 0 Å². The Kier molecular flexibility index (Phi) is 2.60. The summed E-state index contributed by atoms with van der Waals surface area (Å²) in [5, 5.41) is 7.88. The molecule has 0 radical (unpaired) electrons. The molecule has 0 heterocycles. The van der Waals surface area contributed by atoms with Gasteiger partial charge in [-0.3, -0.25) is 0 Å². The first-order valence-corrected chi connectivity index (χ1v) is 1.96. The second-order valence-electron chi connectivity index (χ2n) is 0.901. The van der Waals surface area contributed by atoms with E-state index in [0.717, 1.165) is 0 Å². The van der Waals surface area contributed by atoms with Crippen molar-refractivity contribution >= 4 is 12.6 Å². The maximum Gasteiger partial charge on any atom is 0.0674 e. The Bertz CT molecular complexity index is 90.2. The summed E-state index contributed by atoms with van der Waals surface area (Å²) in [4.78, 5) is 0.623. The van der Waals surface area contributed by atoms with Gasteiger partial charge in [0, 0.05) is 0 Å². The van der Waals surface area contributed by atoms with Crippen molar-refractivity contribution in [2.45, 2.75) is 6.42 Å². The minimum atomic E-state index is 0.350. The van der Waals surface area contributed by atoms with Crippen LogP contribution in [0, 0.1) is 11.3 Å². The van der Waals surface area contributed by atoms with E-state index in [1.54, 1.807) is 0 Å². The van der Waals surface area contributed by atoms with E-state index >= 15 is 0 Å². The van der Waals surface area contributed by atoms with Gasteiger partial charge >= 0.3 is 0 Å². The number of hydrogen-bond acceptors (Lipinski definition) is 2. The monoisotopic (exact) mass is 99.0 g/mol. The molecule has 0 saturated carbocycles. The molecule has 0 atom stereocenters. The van der Waals surface area contributed by atoms with Crippen molar-refractivity contribution in [3.8, 4) is 6.07 Å². The van der Waals surface area contributed by atoms with E-state index in [1.807, 2.05) is 6.07 Å². The lowest BCUT2D eigenvalue weighted by Gasteiger charge is -1.76. The topological polar surface area (TPSA) is 23.8 Å². The molecule has 0 aromatic carbocycles. The fraction of sp³-hybridized carbons (Fsp3) is 0.250. The van der Waals surface area contributed by atoms with Gasteiger partial charge in [0.1, 0.15) is 0 Å². The average molecular weight is 99.2 g/mol. The molecule has 6 heavy (non-hydrogen) atoms. The van der Waals surface area contributed by atoms with Crippen molar-refractivity contribution in [1.82, 2.24) is 0 Å². The molecule has 0 amide bonds. The van der Waals surface area contributed by atoms with Gasteiger partial charge in [0.05, 0.1) is 12.5 Å². The molecule has 0 aliphatic carbocycles. The van der Waals surface area contributed by atoms with Crippen LogP contribution in [0.3, 0.4) is 0 Å². The summed E-state index contributed by atoms with van der Waals surface area (Å²) in [6.07, 6.45) is 0.350. The Hall–Kier alpha value is -0.420. The lowest BCUT2D eigenvalue weighted by atomic mass is 10.5. The fourth-order valence-electron chi connectivity index (χ4n) is 0.0913. The summed E-state index contributed by atoms with van der Waals surface area (Å²) in [5.74, 6) is 0. The Morgan fingerprint density at radius 1 is 2.00 bits per heavy atom. The second-order valence-corrected chi connectivity index (χ2v) is 1.53. The number of thiol groups is 1. The highest BCUT2D eigenvalue weighted by atomic mass is 32.1. The van der Waals surface area contributed by atoms with E-state index in [4.69, 9.17) is 5.26 Å². The van der Waals surface area contributed by atoms with Gasteiger partial charge in [-0.25, -0.2) is 0 Å². The first-order valence-electron chi connectivity index (χ1n) is 1.51. The van der Waals surface area contributed by atoms with E-state index in [2.05, 4.69) is 19.2 Å². The molecule has 0 spiro atoms. The van der Waals surface area contributed by atoms with Gasteiger partial charge in [0.15, 0.2) is 0 Å². The number of nitriles is 1. The zero-order chi connectivity index (χ0) is 4.99. The van der Waals surface area contributed by atoms with Gasteiger partial charge in [-0.05, 0) is 4.91 Å². The van der Waals surface area contributed by atoms with E-state index in [9.17, 15) is 0 Å². The summed E-state index contributed by atoms with van der Waals surface area (Å²) < 4.78 is 0. The van der Waals surface area contributed by atoms with Crippen molar-refractivity contribution in [2.75, 3.05) is 0 Å². The van der Waals surface area contributed by atoms with Crippen LogP contribution in [-0.2, 0) is 0 Å². The number of hydrogen-bond donors (Lipinski definition) is 1. The quantitative estimate of drug-likeness (QED) is 0.493. The summed E-state index contributed by atoms with van der Waals surface area (Å²) in [5.41, 5.74) is 0. The Morgan fingerprint density at radius 3 is 2.50 bits per heavy atom. The van der Waals surface area contributed by atoms with Crippen LogP contribution in [0.15, 0.2) is 11.5 Å². The third kappa shape index (κ3) is 3.58. The van der Waals surface area contributed by atoms with Crippen LogP contribution >= 0.6 is 12.6 Å². The minimum Gasteiger partial charge on any atom is -0.198 e. The second kappa shape index (κ2) is 2.80. The number of rotatable bonds is 1. The molecule has 0 bridgehead atoms. The largest absolute Gasteiger partial charge is 0.198 e. The maximum absolute atomic E-state index is 7.88. The third-order valence-corrected chi connectivity index (χ3v) is 0.441. The zero-order valence-electron chi connectivity index (χ0n) is 3.31. The van der Waals surface area contributed by atoms with Gasteiger partial charge in [-0.15, -0.1) is 12.6 Å². The van der Waals surface area contributed by atoms with Crippen LogP contribution in [0.1, 0.15) is 6.42 Å². The van der Waals surface area contributed by atoms with E-state index < -0.39 is 0 Å². The summed E-state index contributed by atoms with van der Waals surface area (Å²) in [7, 11) is 0. The van der Waals surface area contributed by atoms with Crippen molar-refractivity contribution in [3.63, 3.8) is 0 Å². The summed E-state index contributed by atoms with van der Waals surface area (Å²) in [6, 6.07) is 1.89. The molecular weight excluding hydrogens is 94.1 g/mol. The number of allylic oxidation sites excluding steroid dienone is 1. The highest BCUT2D eigenvalue weighted by Gasteiger charge is 1.76. The van der Waals surface area contributed by atoms with Crippen molar-refractivity contribution < 1.29 is 0 Å².